The molecule has 1 heterocycles. The summed E-state index contributed by atoms with van der Waals surface area (Å²) in [6.07, 6.45) is 2.49. The molecule has 0 aliphatic carbocycles. The van der Waals surface area contributed by atoms with Crippen molar-refractivity contribution in [3.05, 3.63) is 36.2 Å². The Balaban J connectivity index is 2.39. The summed E-state index contributed by atoms with van der Waals surface area (Å²) in [7, 11) is -3.73. The summed E-state index contributed by atoms with van der Waals surface area (Å²) in [6, 6.07) is 6.74. The molecule has 20 heavy (non-hydrogen) atoms. The van der Waals surface area contributed by atoms with Crippen molar-refractivity contribution in [2.45, 2.75) is 11.8 Å². The smallest absolute Gasteiger partial charge is 0.265 e. The normalized spacial score (nSPS) is 10.8. The highest BCUT2D eigenvalue weighted by Crippen LogP contribution is 2.25. The second-order valence-corrected chi connectivity index (χ2v) is 5.62. The van der Waals surface area contributed by atoms with Gasteiger partial charge in [-0.25, -0.2) is 8.42 Å². The van der Waals surface area contributed by atoms with Gasteiger partial charge in [0.25, 0.3) is 10.0 Å². The van der Waals surface area contributed by atoms with Crippen LogP contribution < -0.4 is 10.0 Å². The molecular formula is C12H13N5O2S. The molecule has 7 nitrogen and oxygen atoms in total. The number of nitrogens with one attached hydrogen (secondary N) is 3. The van der Waals surface area contributed by atoms with Gasteiger partial charge in [0.2, 0.25) is 0 Å². The first-order valence-corrected chi connectivity index (χ1v) is 7.34. The second kappa shape index (κ2) is 5.63. The molecule has 0 spiro atoms. The van der Waals surface area contributed by atoms with Gasteiger partial charge in [-0.05, 0) is 25.1 Å². The number of benzene rings is 1. The zero-order chi connectivity index (χ0) is 14.6. The Morgan fingerprint density at radius 3 is 2.80 bits per heavy atom. The Hall–Kier alpha value is -2.53. The van der Waals surface area contributed by atoms with Gasteiger partial charge in [0.1, 0.15) is 4.90 Å². The van der Waals surface area contributed by atoms with E-state index in [4.69, 9.17) is 5.26 Å². The van der Waals surface area contributed by atoms with Crippen molar-refractivity contribution >= 4 is 21.4 Å². The van der Waals surface area contributed by atoms with E-state index in [0.29, 0.717) is 23.5 Å². The number of rotatable bonds is 5. The van der Waals surface area contributed by atoms with Crippen molar-refractivity contribution in [3.8, 4) is 6.07 Å². The minimum absolute atomic E-state index is 0.0299. The molecule has 0 amide bonds. The molecule has 2 rings (SSSR count). The molecule has 0 aliphatic rings. The van der Waals surface area contributed by atoms with E-state index < -0.39 is 10.0 Å². The number of anilines is 2. The third kappa shape index (κ3) is 2.89. The summed E-state index contributed by atoms with van der Waals surface area (Å²) in [5.74, 6) is 0. The average molecular weight is 291 g/mol. The molecule has 0 unspecified atom stereocenters. The van der Waals surface area contributed by atoms with Crippen LogP contribution in [0, 0.1) is 11.3 Å². The Morgan fingerprint density at radius 1 is 1.40 bits per heavy atom. The zero-order valence-corrected chi connectivity index (χ0v) is 11.5. The maximum absolute atomic E-state index is 12.1. The molecule has 1 aromatic carbocycles. The van der Waals surface area contributed by atoms with Crippen molar-refractivity contribution in [1.82, 2.24) is 10.2 Å². The topological polar surface area (TPSA) is 111 Å². The molecule has 104 valence electrons. The molecule has 2 aromatic rings. The molecular weight excluding hydrogens is 278 g/mol. The predicted molar refractivity (Wildman–Crippen MR) is 74.7 cm³/mol. The van der Waals surface area contributed by atoms with Gasteiger partial charge in [-0.2, -0.15) is 10.4 Å². The minimum Gasteiger partial charge on any atom is -0.384 e. The highest BCUT2D eigenvalue weighted by Gasteiger charge is 2.17. The van der Waals surface area contributed by atoms with E-state index in [-0.39, 0.29) is 4.90 Å². The van der Waals surface area contributed by atoms with Crippen LogP contribution in [0.3, 0.4) is 0 Å². The Bertz CT molecular complexity index is 732. The quantitative estimate of drug-likeness (QED) is 0.773. The van der Waals surface area contributed by atoms with E-state index in [2.05, 4.69) is 20.2 Å². The monoisotopic (exact) mass is 291 g/mol. The van der Waals surface area contributed by atoms with Gasteiger partial charge in [0.05, 0.1) is 29.2 Å². The molecule has 3 N–H and O–H groups in total. The largest absolute Gasteiger partial charge is 0.384 e. The lowest BCUT2D eigenvalue weighted by Crippen LogP contribution is -2.14. The second-order valence-electron chi connectivity index (χ2n) is 3.94. The number of sulfonamides is 1. The summed E-state index contributed by atoms with van der Waals surface area (Å²) in [6.45, 7) is 2.53. The van der Waals surface area contributed by atoms with Gasteiger partial charge in [0.15, 0.2) is 0 Å². The van der Waals surface area contributed by atoms with Crippen LogP contribution in [0.4, 0.5) is 11.4 Å². The lowest BCUT2D eigenvalue weighted by Gasteiger charge is -2.13. The van der Waals surface area contributed by atoms with Crippen molar-refractivity contribution in [2.75, 3.05) is 16.6 Å². The van der Waals surface area contributed by atoms with Crippen LogP contribution in [-0.4, -0.2) is 25.2 Å². The fraction of sp³-hybridized carbons (Fsp3) is 0.167. The van der Waals surface area contributed by atoms with E-state index in [1.807, 2.05) is 13.0 Å². The van der Waals surface area contributed by atoms with E-state index >= 15 is 0 Å². The summed E-state index contributed by atoms with van der Waals surface area (Å²) >= 11 is 0. The number of nitriles is 1. The van der Waals surface area contributed by atoms with Crippen LogP contribution in [0.5, 0.6) is 0 Å². The van der Waals surface area contributed by atoms with Crippen molar-refractivity contribution in [1.29, 1.82) is 5.26 Å². The highest BCUT2D eigenvalue weighted by molar-refractivity contribution is 7.92. The summed E-state index contributed by atoms with van der Waals surface area (Å²) in [5.41, 5.74) is 1.31. The lowest BCUT2D eigenvalue weighted by molar-refractivity contribution is 0.601. The first-order chi connectivity index (χ1) is 9.56. The van der Waals surface area contributed by atoms with Crippen LogP contribution in [0.15, 0.2) is 35.5 Å². The number of H-pyrrole nitrogens is 1. The summed E-state index contributed by atoms with van der Waals surface area (Å²) in [4.78, 5) is 0.0299. The van der Waals surface area contributed by atoms with E-state index in [1.165, 1.54) is 18.5 Å². The highest BCUT2D eigenvalue weighted by atomic mass is 32.2. The number of nitrogens with zero attached hydrogens (tertiary/aromatic N) is 2. The van der Waals surface area contributed by atoms with Crippen LogP contribution in [0.2, 0.25) is 0 Å². The molecule has 0 aliphatic heterocycles. The van der Waals surface area contributed by atoms with Gasteiger partial charge in [-0.1, -0.05) is 0 Å². The van der Waals surface area contributed by atoms with Gasteiger partial charge in [-0.3, -0.25) is 9.82 Å². The molecule has 0 saturated heterocycles. The van der Waals surface area contributed by atoms with Crippen LogP contribution in [0.1, 0.15) is 12.5 Å². The molecule has 0 radical (unpaired) electrons. The molecule has 0 fully saturated rings. The number of aromatic nitrogens is 2. The van der Waals surface area contributed by atoms with Gasteiger partial charge in [-0.15, -0.1) is 0 Å². The molecule has 8 heteroatoms. The third-order valence-electron chi connectivity index (χ3n) is 2.54. The fourth-order valence-corrected chi connectivity index (χ4v) is 2.61. The predicted octanol–water partition coefficient (Wildman–Crippen LogP) is 1.51. The van der Waals surface area contributed by atoms with Crippen molar-refractivity contribution < 1.29 is 8.42 Å². The fourth-order valence-electron chi connectivity index (χ4n) is 1.63. The summed E-state index contributed by atoms with van der Waals surface area (Å²) < 4.78 is 26.7. The molecule has 1 aromatic heterocycles. The summed E-state index contributed by atoms with van der Waals surface area (Å²) in [5, 5.41) is 18.0. The van der Waals surface area contributed by atoms with E-state index in [0.717, 1.165) is 0 Å². The maximum atomic E-state index is 12.1. The number of aromatic amines is 1. The molecule has 0 atom stereocenters. The van der Waals surface area contributed by atoms with Gasteiger partial charge >= 0.3 is 0 Å². The first kappa shape index (κ1) is 13.9. The molecule has 0 bridgehead atoms. The number of hydrogen-bond donors (Lipinski definition) is 3. The maximum Gasteiger partial charge on any atom is 0.265 e. The van der Waals surface area contributed by atoms with Gasteiger partial charge in [0, 0.05) is 12.7 Å². The Labute approximate surface area is 116 Å². The average Bonchev–Trinajstić information content (AvgIpc) is 2.95. The zero-order valence-electron chi connectivity index (χ0n) is 10.7. The van der Waals surface area contributed by atoms with Gasteiger partial charge < -0.3 is 5.32 Å². The Morgan fingerprint density at radius 2 is 2.20 bits per heavy atom. The first-order valence-electron chi connectivity index (χ1n) is 5.86. The van der Waals surface area contributed by atoms with Crippen molar-refractivity contribution in [2.24, 2.45) is 0 Å². The van der Waals surface area contributed by atoms with Crippen LogP contribution >= 0.6 is 0 Å². The lowest BCUT2D eigenvalue weighted by atomic mass is 10.2. The minimum atomic E-state index is -3.73. The van der Waals surface area contributed by atoms with Crippen molar-refractivity contribution in [3.63, 3.8) is 0 Å². The van der Waals surface area contributed by atoms with E-state index in [1.54, 1.807) is 12.1 Å². The SMILES string of the molecule is CCNc1ccc(C#N)cc1NS(=O)(=O)c1cn[nH]c1. The van der Waals surface area contributed by atoms with Crippen LogP contribution in [-0.2, 0) is 10.0 Å². The van der Waals surface area contributed by atoms with E-state index in [9.17, 15) is 8.42 Å². The standard InChI is InChI=1S/C12H13N5O2S/c1-2-14-11-4-3-9(6-13)5-12(11)17-20(18,19)10-7-15-16-8-10/h3-5,7-8,14,17H,2H2,1H3,(H,15,16). The molecule has 0 saturated carbocycles. The van der Waals surface area contributed by atoms with Crippen LogP contribution in [0.25, 0.3) is 0 Å². The third-order valence-corrected chi connectivity index (χ3v) is 3.88. The number of hydrogen-bond acceptors (Lipinski definition) is 5. The Kier molecular flexibility index (Phi) is 3.91.